The number of carbonyl (C=O) groups excluding carboxylic acids is 2. The molecule has 0 saturated carbocycles. The fourth-order valence-corrected chi connectivity index (χ4v) is 6.88. The van der Waals surface area contributed by atoms with E-state index in [0.717, 1.165) is 21.8 Å². The van der Waals surface area contributed by atoms with Gasteiger partial charge in [0.1, 0.15) is 22.2 Å². The monoisotopic (exact) mass is 794 g/mol. The zero-order chi connectivity index (χ0) is 23.6. The highest BCUT2D eigenvalue weighted by atomic mass is 127. The fourth-order valence-electron chi connectivity index (χ4n) is 2.53. The molecule has 0 aromatic heterocycles. The van der Waals surface area contributed by atoms with E-state index in [0.29, 0.717) is 0 Å². The van der Waals surface area contributed by atoms with E-state index in [2.05, 4.69) is 22.6 Å². The molecular formula is C20H10FI3O7S. The zero-order valence-electron chi connectivity index (χ0n) is 15.5. The van der Waals surface area contributed by atoms with Crippen LogP contribution in [0.4, 0.5) is 4.39 Å². The number of hydrogen-bond donors (Lipinski definition) is 1. The topological polar surface area (TPSA) is 107 Å². The minimum atomic E-state index is -4.48. The lowest BCUT2D eigenvalue weighted by atomic mass is 10.1. The van der Waals surface area contributed by atoms with Crippen LogP contribution in [0, 0.1) is 16.5 Å². The SMILES string of the molecule is O=C(Oc1ccc(I)cc1)c1ccc(F)cc1C(=O)Oc1cc(I)c(S(=O)(=O)O)c(I)c1. The second-order valence-electron chi connectivity index (χ2n) is 6.11. The average Bonchev–Trinajstić information content (AvgIpc) is 2.67. The molecule has 3 aromatic rings. The molecule has 1 N–H and O–H groups in total. The van der Waals surface area contributed by atoms with Crippen molar-refractivity contribution in [2.45, 2.75) is 4.90 Å². The van der Waals surface area contributed by atoms with Crippen molar-refractivity contribution < 1.29 is 36.4 Å². The van der Waals surface area contributed by atoms with Crippen LogP contribution in [-0.4, -0.2) is 24.9 Å². The molecule has 12 heteroatoms. The molecule has 0 atom stereocenters. The van der Waals surface area contributed by atoms with Gasteiger partial charge in [-0.25, -0.2) is 14.0 Å². The summed E-state index contributed by atoms with van der Waals surface area (Å²) in [7, 11) is -4.48. The highest BCUT2D eigenvalue weighted by Gasteiger charge is 2.24. The highest BCUT2D eigenvalue weighted by Crippen LogP contribution is 2.30. The van der Waals surface area contributed by atoms with Gasteiger partial charge in [0.25, 0.3) is 10.1 Å². The molecule has 0 aliphatic carbocycles. The summed E-state index contributed by atoms with van der Waals surface area (Å²) in [5.74, 6) is -2.52. The van der Waals surface area contributed by atoms with Gasteiger partial charge in [-0.3, -0.25) is 4.55 Å². The van der Waals surface area contributed by atoms with Gasteiger partial charge in [0, 0.05) is 10.7 Å². The third-order valence-corrected chi connectivity index (χ3v) is 7.99. The Morgan fingerprint density at radius 1 is 0.781 bits per heavy atom. The normalized spacial score (nSPS) is 11.2. The highest BCUT2D eigenvalue weighted by molar-refractivity contribution is 14.1. The Morgan fingerprint density at radius 2 is 1.31 bits per heavy atom. The Labute approximate surface area is 222 Å². The molecule has 3 aromatic carbocycles. The first kappa shape index (κ1) is 25.3. The van der Waals surface area contributed by atoms with E-state index in [1.165, 1.54) is 12.1 Å². The van der Waals surface area contributed by atoms with Gasteiger partial charge in [0.2, 0.25) is 0 Å². The number of esters is 2. The molecule has 0 heterocycles. The summed E-state index contributed by atoms with van der Waals surface area (Å²) in [5.41, 5.74) is -0.585. The minimum Gasteiger partial charge on any atom is -0.423 e. The maximum absolute atomic E-state index is 13.8. The summed E-state index contributed by atoms with van der Waals surface area (Å²) < 4.78 is 57.8. The molecule has 0 fully saturated rings. The van der Waals surface area contributed by atoms with Crippen molar-refractivity contribution in [3.8, 4) is 11.5 Å². The summed E-state index contributed by atoms with van der Waals surface area (Å²) in [6, 6.07) is 12.0. The van der Waals surface area contributed by atoms with Crippen molar-refractivity contribution in [3.63, 3.8) is 0 Å². The predicted molar refractivity (Wildman–Crippen MR) is 137 cm³/mol. The van der Waals surface area contributed by atoms with E-state index < -0.39 is 27.9 Å². The van der Waals surface area contributed by atoms with Crippen molar-refractivity contribution in [1.82, 2.24) is 0 Å². The van der Waals surface area contributed by atoms with Gasteiger partial charge >= 0.3 is 11.9 Å². The van der Waals surface area contributed by atoms with E-state index in [-0.39, 0.29) is 34.7 Å². The van der Waals surface area contributed by atoms with Crippen LogP contribution in [0.15, 0.2) is 59.5 Å². The van der Waals surface area contributed by atoms with Crippen LogP contribution in [0.25, 0.3) is 0 Å². The molecule has 0 radical (unpaired) electrons. The predicted octanol–water partition coefficient (Wildman–Crippen LogP) is 5.32. The fraction of sp³-hybridized carbons (Fsp3) is 0. The number of ether oxygens (including phenoxy) is 2. The molecule has 0 amide bonds. The Kier molecular flexibility index (Phi) is 8.11. The van der Waals surface area contributed by atoms with Gasteiger partial charge in [-0.15, -0.1) is 0 Å². The third-order valence-electron chi connectivity index (χ3n) is 3.89. The Bertz CT molecular complexity index is 1300. The maximum Gasteiger partial charge on any atom is 0.344 e. The van der Waals surface area contributed by atoms with Gasteiger partial charge < -0.3 is 9.47 Å². The van der Waals surface area contributed by atoms with Crippen LogP contribution in [0.5, 0.6) is 11.5 Å². The third kappa shape index (κ3) is 6.15. The van der Waals surface area contributed by atoms with Crippen LogP contribution in [0.2, 0.25) is 0 Å². The summed E-state index contributed by atoms with van der Waals surface area (Å²) >= 11 is 5.42. The molecule has 0 aliphatic heterocycles. The molecule has 166 valence electrons. The van der Waals surface area contributed by atoms with Crippen molar-refractivity contribution in [2.75, 3.05) is 0 Å². The quantitative estimate of drug-likeness (QED) is 0.161. The molecule has 0 saturated heterocycles. The molecule has 7 nitrogen and oxygen atoms in total. The summed E-state index contributed by atoms with van der Waals surface area (Å²) in [6.45, 7) is 0. The van der Waals surface area contributed by atoms with Crippen molar-refractivity contribution in [2.24, 2.45) is 0 Å². The Balaban J connectivity index is 1.91. The van der Waals surface area contributed by atoms with E-state index in [1.807, 2.05) is 0 Å². The molecule has 0 aliphatic rings. The van der Waals surface area contributed by atoms with E-state index in [4.69, 9.17) is 9.47 Å². The van der Waals surface area contributed by atoms with Crippen LogP contribution in [0.3, 0.4) is 0 Å². The summed E-state index contributed by atoms with van der Waals surface area (Å²) in [4.78, 5) is 25.0. The molecule has 0 bridgehead atoms. The first-order valence-electron chi connectivity index (χ1n) is 8.41. The largest absolute Gasteiger partial charge is 0.423 e. The first-order chi connectivity index (χ1) is 15.0. The maximum atomic E-state index is 13.8. The van der Waals surface area contributed by atoms with Gasteiger partial charge in [-0.05, 0) is 122 Å². The van der Waals surface area contributed by atoms with Gasteiger partial charge in [-0.2, -0.15) is 8.42 Å². The average molecular weight is 794 g/mol. The van der Waals surface area contributed by atoms with Gasteiger partial charge in [0.05, 0.1) is 11.1 Å². The number of benzene rings is 3. The molecule has 3 rings (SSSR count). The van der Waals surface area contributed by atoms with E-state index in [1.54, 1.807) is 69.4 Å². The van der Waals surface area contributed by atoms with Gasteiger partial charge in [-0.1, -0.05) is 0 Å². The lowest BCUT2D eigenvalue weighted by molar-refractivity contribution is 0.0691. The molecule has 32 heavy (non-hydrogen) atoms. The smallest absolute Gasteiger partial charge is 0.344 e. The molecule has 0 spiro atoms. The second kappa shape index (κ2) is 10.3. The number of halogens is 4. The van der Waals surface area contributed by atoms with Crippen LogP contribution in [0.1, 0.15) is 20.7 Å². The number of hydrogen-bond acceptors (Lipinski definition) is 6. The molecule has 0 unspecified atom stereocenters. The van der Waals surface area contributed by atoms with Crippen molar-refractivity contribution in [1.29, 1.82) is 0 Å². The number of rotatable bonds is 5. The standard InChI is InChI=1S/C20H10FI3O7S/c21-10-1-6-14(19(25)30-12-4-2-11(22)3-5-12)15(7-10)20(26)31-13-8-16(23)18(17(24)9-13)32(27,28)29/h1-9H,(H,27,28,29). The second-order valence-corrected chi connectivity index (χ2v) is 11.0. The lowest BCUT2D eigenvalue weighted by Gasteiger charge is -2.11. The minimum absolute atomic E-state index is 0.0580. The van der Waals surface area contributed by atoms with Crippen LogP contribution in [-0.2, 0) is 10.1 Å². The molecular weight excluding hydrogens is 784 g/mol. The Morgan fingerprint density at radius 3 is 1.88 bits per heavy atom. The summed E-state index contributed by atoms with van der Waals surface area (Å²) in [5, 5.41) is 0. The Hall–Kier alpha value is -1.37. The number of carbonyl (C=O) groups is 2. The van der Waals surface area contributed by atoms with Crippen molar-refractivity contribution in [3.05, 3.63) is 82.3 Å². The van der Waals surface area contributed by atoms with Crippen LogP contribution < -0.4 is 9.47 Å². The van der Waals surface area contributed by atoms with E-state index >= 15 is 0 Å². The van der Waals surface area contributed by atoms with Crippen molar-refractivity contribution >= 4 is 89.8 Å². The van der Waals surface area contributed by atoms with Gasteiger partial charge in [0.15, 0.2) is 0 Å². The van der Waals surface area contributed by atoms with Crippen LogP contribution >= 0.6 is 67.8 Å². The first-order valence-corrected chi connectivity index (χ1v) is 13.1. The van der Waals surface area contributed by atoms with E-state index in [9.17, 15) is 27.0 Å². The summed E-state index contributed by atoms with van der Waals surface area (Å²) in [6.07, 6.45) is 0. The lowest BCUT2D eigenvalue weighted by Crippen LogP contribution is -2.18. The zero-order valence-corrected chi connectivity index (χ0v) is 22.8.